The third kappa shape index (κ3) is 3.21. The van der Waals surface area contributed by atoms with E-state index in [1.165, 1.54) is 64.5 Å². The molecule has 1 aliphatic carbocycles. The molecular formula is C14H28N2. The molecule has 2 unspecified atom stereocenters. The summed E-state index contributed by atoms with van der Waals surface area (Å²) in [6.07, 6.45) is 10.9. The van der Waals surface area contributed by atoms with Gasteiger partial charge >= 0.3 is 0 Å². The molecule has 2 fully saturated rings. The number of nitrogens with zero attached hydrogens (tertiary/aromatic N) is 1. The topological polar surface area (TPSA) is 29.3 Å². The van der Waals surface area contributed by atoms with Gasteiger partial charge in [0.15, 0.2) is 0 Å². The van der Waals surface area contributed by atoms with E-state index < -0.39 is 0 Å². The third-order valence-corrected chi connectivity index (χ3v) is 4.57. The Morgan fingerprint density at radius 1 is 0.875 bits per heavy atom. The molecule has 1 heterocycles. The van der Waals surface area contributed by atoms with Crippen molar-refractivity contribution in [3.8, 4) is 0 Å². The van der Waals surface area contributed by atoms with Gasteiger partial charge < -0.3 is 5.73 Å². The SMILES string of the molecule is CC1CCN(C2CCCCCCC2N)CC1. The van der Waals surface area contributed by atoms with Gasteiger partial charge in [-0.2, -0.15) is 0 Å². The number of piperidine rings is 1. The van der Waals surface area contributed by atoms with E-state index in [4.69, 9.17) is 5.73 Å². The quantitative estimate of drug-likeness (QED) is 0.742. The van der Waals surface area contributed by atoms with Crippen LogP contribution in [-0.2, 0) is 0 Å². The summed E-state index contributed by atoms with van der Waals surface area (Å²) in [5.41, 5.74) is 6.37. The van der Waals surface area contributed by atoms with Gasteiger partial charge in [-0.05, 0) is 44.7 Å². The van der Waals surface area contributed by atoms with Crippen LogP contribution in [0.25, 0.3) is 0 Å². The average molecular weight is 224 g/mol. The van der Waals surface area contributed by atoms with E-state index in [0.29, 0.717) is 12.1 Å². The molecule has 16 heavy (non-hydrogen) atoms. The zero-order valence-electron chi connectivity index (χ0n) is 10.8. The minimum Gasteiger partial charge on any atom is -0.326 e. The Bertz CT molecular complexity index is 197. The van der Waals surface area contributed by atoms with Crippen molar-refractivity contribution in [3.63, 3.8) is 0 Å². The van der Waals surface area contributed by atoms with Crippen molar-refractivity contribution in [1.82, 2.24) is 4.90 Å². The molecule has 0 bridgehead atoms. The Morgan fingerprint density at radius 3 is 2.19 bits per heavy atom. The molecule has 0 aromatic carbocycles. The summed E-state index contributed by atoms with van der Waals surface area (Å²) in [5.74, 6) is 0.932. The summed E-state index contributed by atoms with van der Waals surface area (Å²) in [6, 6.07) is 1.13. The largest absolute Gasteiger partial charge is 0.326 e. The van der Waals surface area contributed by atoms with Gasteiger partial charge in [0.2, 0.25) is 0 Å². The van der Waals surface area contributed by atoms with Crippen LogP contribution in [0.3, 0.4) is 0 Å². The van der Waals surface area contributed by atoms with Gasteiger partial charge in [0, 0.05) is 12.1 Å². The fourth-order valence-corrected chi connectivity index (χ4v) is 3.31. The summed E-state index contributed by atoms with van der Waals surface area (Å²) < 4.78 is 0. The van der Waals surface area contributed by atoms with Gasteiger partial charge in [0.1, 0.15) is 0 Å². The van der Waals surface area contributed by atoms with Crippen molar-refractivity contribution in [3.05, 3.63) is 0 Å². The summed E-state index contributed by atoms with van der Waals surface area (Å²) in [4.78, 5) is 2.69. The van der Waals surface area contributed by atoms with Crippen LogP contribution in [0.15, 0.2) is 0 Å². The van der Waals surface area contributed by atoms with E-state index in [1.807, 2.05) is 0 Å². The Kier molecular flexibility index (Phi) is 4.66. The summed E-state index contributed by atoms with van der Waals surface area (Å²) in [6.45, 7) is 4.97. The van der Waals surface area contributed by atoms with E-state index in [9.17, 15) is 0 Å². The highest BCUT2D eigenvalue weighted by Crippen LogP contribution is 2.25. The second-order valence-electron chi connectivity index (χ2n) is 5.94. The third-order valence-electron chi connectivity index (χ3n) is 4.57. The molecule has 2 atom stereocenters. The van der Waals surface area contributed by atoms with Gasteiger partial charge in [-0.1, -0.05) is 32.6 Å². The van der Waals surface area contributed by atoms with Gasteiger partial charge in [-0.3, -0.25) is 4.90 Å². The molecule has 1 saturated carbocycles. The van der Waals surface area contributed by atoms with Crippen LogP contribution < -0.4 is 5.73 Å². The first-order valence-corrected chi connectivity index (χ1v) is 7.27. The van der Waals surface area contributed by atoms with Crippen molar-refractivity contribution in [2.75, 3.05) is 13.1 Å². The van der Waals surface area contributed by atoms with E-state index in [-0.39, 0.29) is 0 Å². The monoisotopic (exact) mass is 224 g/mol. The number of hydrogen-bond donors (Lipinski definition) is 1. The molecule has 0 aromatic rings. The first-order chi connectivity index (χ1) is 7.77. The molecule has 0 amide bonds. The molecular weight excluding hydrogens is 196 g/mol. The van der Waals surface area contributed by atoms with Gasteiger partial charge in [-0.25, -0.2) is 0 Å². The van der Waals surface area contributed by atoms with Crippen LogP contribution >= 0.6 is 0 Å². The lowest BCUT2D eigenvalue weighted by Gasteiger charge is -2.40. The number of rotatable bonds is 1. The normalized spacial score (nSPS) is 35.6. The lowest BCUT2D eigenvalue weighted by Crippen LogP contribution is -2.50. The summed E-state index contributed by atoms with van der Waals surface area (Å²) >= 11 is 0. The number of likely N-dealkylation sites (tertiary alicyclic amines) is 1. The molecule has 2 N–H and O–H groups in total. The zero-order valence-corrected chi connectivity index (χ0v) is 10.8. The minimum atomic E-state index is 0.439. The van der Waals surface area contributed by atoms with Crippen LogP contribution in [0, 0.1) is 5.92 Å². The average Bonchev–Trinajstić information content (AvgIpc) is 2.26. The highest BCUT2D eigenvalue weighted by atomic mass is 15.2. The maximum Gasteiger partial charge on any atom is 0.0247 e. The fourth-order valence-electron chi connectivity index (χ4n) is 3.31. The molecule has 2 rings (SSSR count). The zero-order chi connectivity index (χ0) is 11.4. The van der Waals surface area contributed by atoms with Crippen LogP contribution in [0.1, 0.15) is 58.3 Å². The van der Waals surface area contributed by atoms with Gasteiger partial charge in [0.25, 0.3) is 0 Å². The molecule has 0 aromatic heterocycles. The fraction of sp³-hybridized carbons (Fsp3) is 1.00. The van der Waals surface area contributed by atoms with Crippen molar-refractivity contribution >= 4 is 0 Å². The van der Waals surface area contributed by atoms with Crippen LogP contribution in [0.2, 0.25) is 0 Å². The minimum absolute atomic E-state index is 0.439. The van der Waals surface area contributed by atoms with Crippen LogP contribution in [0.5, 0.6) is 0 Å². The molecule has 1 aliphatic heterocycles. The molecule has 0 radical (unpaired) electrons. The first-order valence-electron chi connectivity index (χ1n) is 7.27. The second-order valence-corrected chi connectivity index (χ2v) is 5.94. The lowest BCUT2D eigenvalue weighted by molar-refractivity contribution is 0.105. The molecule has 1 saturated heterocycles. The smallest absolute Gasteiger partial charge is 0.0247 e. The number of nitrogens with two attached hydrogens (primary N) is 1. The van der Waals surface area contributed by atoms with Crippen molar-refractivity contribution in [2.45, 2.75) is 70.4 Å². The lowest BCUT2D eigenvalue weighted by atomic mass is 9.89. The number of hydrogen-bond acceptors (Lipinski definition) is 2. The second kappa shape index (κ2) is 6.02. The Labute approximate surface area is 101 Å². The summed E-state index contributed by atoms with van der Waals surface area (Å²) in [7, 11) is 0. The predicted molar refractivity (Wildman–Crippen MR) is 69.4 cm³/mol. The molecule has 2 nitrogen and oxygen atoms in total. The van der Waals surface area contributed by atoms with Crippen molar-refractivity contribution in [2.24, 2.45) is 11.7 Å². The van der Waals surface area contributed by atoms with E-state index >= 15 is 0 Å². The highest BCUT2D eigenvalue weighted by molar-refractivity contribution is 4.86. The van der Waals surface area contributed by atoms with Crippen molar-refractivity contribution < 1.29 is 0 Å². The van der Waals surface area contributed by atoms with E-state index in [2.05, 4.69) is 11.8 Å². The van der Waals surface area contributed by atoms with Gasteiger partial charge in [-0.15, -0.1) is 0 Å². The Hall–Kier alpha value is -0.0800. The Morgan fingerprint density at radius 2 is 1.50 bits per heavy atom. The van der Waals surface area contributed by atoms with Gasteiger partial charge in [0.05, 0.1) is 0 Å². The molecule has 0 spiro atoms. The van der Waals surface area contributed by atoms with E-state index in [0.717, 1.165) is 5.92 Å². The maximum atomic E-state index is 6.37. The Balaban J connectivity index is 1.89. The van der Waals surface area contributed by atoms with E-state index in [1.54, 1.807) is 0 Å². The van der Waals surface area contributed by atoms with Crippen LogP contribution in [-0.4, -0.2) is 30.1 Å². The van der Waals surface area contributed by atoms with Crippen molar-refractivity contribution in [1.29, 1.82) is 0 Å². The first kappa shape index (κ1) is 12.4. The summed E-state index contributed by atoms with van der Waals surface area (Å²) in [5, 5.41) is 0. The standard InChI is InChI=1S/C14H28N2/c1-12-8-10-16(11-9-12)14-7-5-3-2-4-6-13(14)15/h12-14H,2-11,15H2,1H3. The highest BCUT2D eigenvalue weighted by Gasteiger charge is 2.27. The molecule has 2 aliphatic rings. The van der Waals surface area contributed by atoms with Crippen LogP contribution in [0.4, 0.5) is 0 Å². The molecule has 94 valence electrons. The molecule has 2 heteroatoms. The maximum absolute atomic E-state index is 6.37. The predicted octanol–water partition coefficient (Wildman–Crippen LogP) is 2.77.